The number of aromatic nitrogens is 1. The Morgan fingerprint density at radius 2 is 2.00 bits per heavy atom. The summed E-state index contributed by atoms with van der Waals surface area (Å²) >= 11 is 0. The van der Waals surface area contributed by atoms with Gasteiger partial charge in [-0.3, -0.25) is 4.79 Å². The number of carbonyl (C=O) groups is 1. The zero-order chi connectivity index (χ0) is 13.5. The molecule has 2 nitrogen and oxygen atoms in total. The van der Waals surface area contributed by atoms with Gasteiger partial charge in [0.25, 0.3) is 0 Å². The highest BCUT2D eigenvalue weighted by atomic mass is 19.4. The number of aryl methyl sites for hydroxylation is 1. The summed E-state index contributed by atoms with van der Waals surface area (Å²) in [5.74, 6) is -0.167. The summed E-state index contributed by atoms with van der Waals surface area (Å²) in [4.78, 5) is 14.5. The number of H-pyrrole nitrogens is 1. The first kappa shape index (κ1) is 12.7. The van der Waals surface area contributed by atoms with Crippen molar-refractivity contribution in [2.75, 3.05) is 0 Å². The third kappa shape index (κ3) is 2.00. The van der Waals surface area contributed by atoms with Crippen molar-refractivity contribution in [2.45, 2.75) is 26.4 Å². The van der Waals surface area contributed by atoms with E-state index >= 15 is 0 Å². The van der Waals surface area contributed by atoms with Gasteiger partial charge in [0.15, 0.2) is 5.78 Å². The van der Waals surface area contributed by atoms with Crippen molar-refractivity contribution in [2.24, 2.45) is 0 Å². The summed E-state index contributed by atoms with van der Waals surface area (Å²) in [6.45, 7) is 3.27. The highest BCUT2D eigenvalue weighted by molar-refractivity contribution is 6.08. The molecule has 0 atom stereocenters. The molecule has 0 amide bonds. The summed E-state index contributed by atoms with van der Waals surface area (Å²) < 4.78 is 38.2. The Bertz CT molecular complexity index is 610. The molecular weight excluding hydrogens is 243 g/mol. The number of carbonyl (C=O) groups excluding carboxylic acids is 1. The van der Waals surface area contributed by atoms with Crippen LogP contribution in [0.1, 0.15) is 34.8 Å². The molecule has 5 heteroatoms. The van der Waals surface area contributed by atoms with Crippen LogP contribution in [-0.4, -0.2) is 10.8 Å². The number of ketones is 1. The molecule has 2 aromatic rings. The molecule has 18 heavy (non-hydrogen) atoms. The molecular formula is C13H12F3NO. The van der Waals surface area contributed by atoms with Crippen LogP contribution in [0.4, 0.5) is 13.2 Å². The van der Waals surface area contributed by atoms with E-state index in [0.29, 0.717) is 22.0 Å². The summed E-state index contributed by atoms with van der Waals surface area (Å²) in [7, 11) is 0. The second kappa shape index (κ2) is 4.15. The number of benzene rings is 1. The van der Waals surface area contributed by atoms with Gasteiger partial charge in [-0.25, -0.2) is 0 Å². The second-order valence-corrected chi connectivity index (χ2v) is 4.19. The fraction of sp³-hybridized carbons (Fsp3) is 0.308. The molecule has 0 aliphatic heterocycles. The van der Waals surface area contributed by atoms with E-state index in [0.717, 1.165) is 12.1 Å². The molecule has 2 rings (SSSR count). The zero-order valence-electron chi connectivity index (χ0n) is 9.98. The number of Topliss-reactive ketones (excluding diaryl/α,β-unsaturated/α-hetero) is 1. The van der Waals surface area contributed by atoms with Gasteiger partial charge in [-0.2, -0.15) is 13.2 Å². The Hall–Kier alpha value is -1.78. The average molecular weight is 255 g/mol. The van der Waals surface area contributed by atoms with Crippen LogP contribution in [-0.2, 0) is 6.18 Å². The van der Waals surface area contributed by atoms with E-state index in [4.69, 9.17) is 0 Å². The standard InChI is InChI=1S/C13H12F3NO/c1-3-11(18)10-6-17-12-7(2)4-8(5-9(10)12)13(14,15)16/h4-6,17H,3H2,1-2H3. The van der Waals surface area contributed by atoms with Crippen LogP contribution >= 0.6 is 0 Å². The van der Waals surface area contributed by atoms with E-state index in [1.807, 2.05) is 0 Å². The lowest BCUT2D eigenvalue weighted by atomic mass is 10.0. The summed E-state index contributed by atoms with van der Waals surface area (Å²) in [6.07, 6.45) is -2.66. The van der Waals surface area contributed by atoms with Crippen LogP contribution in [0.5, 0.6) is 0 Å². The molecule has 96 valence electrons. The van der Waals surface area contributed by atoms with Crippen molar-refractivity contribution in [1.29, 1.82) is 0 Å². The van der Waals surface area contributed by atoms with Crippen molar-refractivity contribution >= 4 is 16.7 Å². The third-order valence-electron chi connectivity index (χ3n) is 2.94. The predicted octanol–water partition coefficient (Wildman–Crippen LogP) is 4.09. The van der Waals surface area contributed by atoms with Gasteiger partial charge in [0.2, 0.25) is 0 Å². The molecule has 0 aliphatic carbocycles. The largest absolute Gasteiger partial charge is 0.416 e. The minimum Gasteiger partial charge on any atom is -0.360 e. The number of aromatic amines is 1. The normalized spacial score (nSPS) is 12.1. The van der Waals surface area contributed by atoms with E-state index in [1.54, 1.807) is 13.8 Å². The van der Waals surface area contributed by atoms with E-state index in [9.17, 15) is 18.0 Å². The van der Waals surface area contributed by atoms with Gasteiger partial charge in [0.1, 0.15) is 0 Å². The van der Waals surface area contributed by atoms with Gasteiger partial charge in [-0.1, -0.05) is 6.92 Å². The van der Waals surface area contributed by atoms with Crippen molar-refractivity contribution in [3.63, 3.8) is 0 Å². The smallest absolute Gasteiger partial charge is 0.360 e. The van der Waals surface area contributed by atoms with Crippen LogP contribution in [0.15, 0.2) is 18.3 Å². The number of hydrogen-bond donors (Lipinski definition) is 1. The van der Waals surface area contributed by atoms with Crippen molar-refractivity contribution in [1.82, 2.24) is 4.98 Å². The van der Waals surface area contributed by atoms with Gasteiger partial charge in [-0.05, 0) is 24.6 Å². The molecule has 0 saturated carbocycles. The maximum atomic E-state index is 12.7. The second-order valence-electron chi connectivity index (χ2n) is 4.19. The number of nitrogens with one attached hydrogen (secondary N) is 1. The zero-order valence-corrected chi connectivity index (χ0v) is 9.98. The number of alkyl halides is 3. The molecule has 0 fully saturated rings. The molecule has 1 aromatic heterocycles. The SMILES string of the molecule is CCC(=O)c1c[nH]c2c(C)cc(C(F)(F)F)cc12. The quantitative estimate of drug-likeness (QED) is 0.805. The average Bonchev–Trinajstić information content (AvgIpc) is 2.71. The monoisotopic (exact) mass is 255 g/mol. The van der Waals surface area contributed by atoms with E-state index < -0.39 is 11.7 Å². The molecule has 1 heterocycles. The lowest BCUT2D eigenvalue weighted by Crippen LogP contribution is -2.05. The van der Waals surface area contributed by atoms with E-state index in [2.05, 4.69) is 4.98 Å². The minimum absolute atomic E-state index is 0.167. The van der Waals surface area contributed by atoms with Crippen LogP contribution in [0, 0.1) is 6.92 Å². The first-order valence-corrected chi connectivity index (χ1v) is 5.56. The number of fused-ring (bicyclic) bond motifs is 1. The minimum atomic E-state index is -4.40. The Morgan fingerprint density at radius 3 is 2.56 bits per heavy atom. The number of rotatable bonds is 2. The predicted molar refractivity (Wildman–Crippen MR) is 62.7 cm³/mol. The Labute approximate surface area is 102 Å². The third-order valence-corrected chi connectivity index (χ3v) is 2.94. The van der Waals surface area contributed by atoms with Crippen LogP contribution < -0.4 is 0 Å². The first-order valence-electron chi connectivity index (χ1n) is 5.56. The van der Waals surface area contributed by atoms with E-state index in [-0.39, 0.29) is 12.2 Å². The lowest BCUT2D eigenvalue weighted by molar-refractivity contribution is -0.137. The van der Waals surface area contributed by atoms with Crippen molar-refractivity contribution < 1.29 is 18.0 Å². The fourth-order valence-electron chi connectivity index (χ4n) is 2.00. The van der Waals surface area contributed by atoms with Gasteiger partial charge >= 0.3 is 6.18 Å². The number of halogens is 3. The maximum absolute atomic E-state index is 12.7. The van der Waals surface area contributed by atoms with E-state index in [1.165, 1.54) is 6.20 Å². The van der Waals surface area contributed by atoms with Crippen molar-refractivity contribution in [3.05, 3.63) is 35.0 Å². The molecule has 0 unspecified atom stereocenters. The van der Waals surface area contributed by atoms with Crippen LogP contribution in [0.2, 0.25) is 0 Å². The molecule has 0 bridgehead atoms. The van der Waals surface area contributed by atoms with Gasteiger partial charge in [0.05, 0.1) is 5.56 Å². The molecule has 0 radical (unpaired) electrons. The summed E-state index contributed by atoms with van der Waals surface area (Å²) in [5, 5.41) is 0.342. The van der Waals surface area contributed by atoms with Gasteiger partial charge < -0.3 is 4.98 Å². The lowest BCUT2D eigenvalue weighted by Gasteiger charge is -2.08. The summed E-state index contributed by atoms with van der Waals surface area (Å²) in [5.41, 5.74) is 0.661. The first-order chi connectivity index (χ1) is 8.34. The summed E-state index contributed by atoms with van der Waals surface area (Å²) in [6, 6.07) is 2.11. The van der Waals surface area contributed by atoms with Crippen molar-refractivity contribution in [3.8, 4) is 0 Å². The topological polar surface area (TPSA) is 32.9 Å². The molecule has 1 aromatic carbocycles. The molecule has 0 aliphatic rings. The van der Waals surface area contributed by atoms with Crippen LogP contribution in [0.3, 0.4) is 0 Å². The number of hydrogen-bond acceptors (Lipinski definition) is 1. The Kier molecular flexibility index (Phi) is 2.92. The molecule has 0 spiro atoms. The Balaban J connectivity index is 2.72. The van der Waals surface area contributed by atoms with Crippen LogP contribution in [0.25, 0.3) is 10.9 Å². The van der Waals surface area contributed by atoms with Gasteiger partial charge in [-0.15, -0.1) is 0 Å². The highest BCUT2D eigenvalue weighted by Crippen LogP contribution is 2.34. The molecule has 1 N–H and O–H groups in total. The van der Waals surface area contributed by atoms with Gasteiger partial charge in [0, 0.05) is 29.1 Å². The highest BCUT2D eigenvalue weighted by Gasteiger charge is 2.31. The molecule has 0 saturated heterocycles. The maximum Gasteiger partial charge on any atom is 0.416 e. The Morgan fingerprint density at radius 1 is 1.33 bits per heavy atom. The fourth-order valence-corrected chi connectivity index (χ4v) is 2.00.